The molecule has 0 aromatic heterocycles. The van der Waals surface area contributed by atoms with E-state index in [9.17, 15) is 14.0 Å². The number of hydrogen-bond acceptors (Lipinski definition) is 3. The third kappa shape index (κ3) is 2.79. The topological polar surface area (TPSA) is 63.6 Å². The maximum absolute atomic E-state index is 12.8. The van der Waals surface area contributed by atoms with Gasteiger partial charge < -0.3 is 9.84 Å². The average Bonchev–Trinajstić information content (AvgIpc) is 2.16. The van der Waals surface area contributed by atoms with Crippen molar-refractivity contribution in [2.24, 2.45) is 0 Å². The number of carboxylic acids is 1. The van der Waals surface area contributed by atoms with Crippen molar-refractivity contribution in [1.82, 2.24) is 0 Å². The van der Waals surface area contributed by atoms with Gasteiger partial charge in [0, 0.05) is 0 Å². The molecule has 86 valence electrons. The first-order valence-corrected chi connectivity index (χ1v) is 4.65. The molecule has 0 fully saturated rings. The molecule has 1 rings (SSSR count). The van der Waals surface area contributed by atoms with E-state index < -0.39 is 23.3 Å². The summed E-state index contributed by atoms with van der Waals surface area (Å²) in [6, 6.07) is 2.91. The normalized spacial score (nSPS) is 10.2. The first-order chi connectivity index (χ1) is 7.41. The largest absolute Gasteiger partial charge is 0.478 e. The molecule has 0 atom stereocenters. The third-order valence-corrected chi connectivity index (χ3v) is 1.77. The number of ether oxygens (including phenoxy) is 1. The van der Waals surface area contributed by atoms with Crippen LogP contribution in [-0.2, 0) is 4.74 Å². The number of benzene rings is 1. The van der Waals surface area contributed by atoms with Gasteiger partial charge in [0.2, 0.25) is 0 Å². The van der Waals surface area contributed by atoms with E-state index in [-0.39, 0.29) is 11.7 Å². The zero-order valence-electron chi connectivity index (χ0n) is 8.86. The van der Waals surface area contributed by atoms with Gasteiger partial charge in [0.25, 0.3) is 0 Å². The summed E-state index contributed by atoms with van der Waals surface area (Å²) in [5, 5.41) is 8.80. The maximum atomic E-state index is 12.8. The molecule has 0 saturated carbocycles. The lowest BCUT2D eigenvalue weighted by Gasteiger charge is -2.09. The average molecular weight is 226 g/mol. The molecule has 0 heterocycles. The van der Waals surface area contributed by atoms with Crippen LogP contribution >= 0.6 is 0 Å². The molecule has 4 nitrogen and oxygen atoms in total. The fourth-order valence-corrected chi connectivity index (χ4v) is 1.15. The number of aromatic carboxylic acids is 1. The van der Waals surface area contributed by atoms with Gasteiger partial charge >= 0.3 is 11.9 Å². The molecule has 16 heavy (non-hydrogen) atoms. The number of halogens is 1. The van der Waals surface area contributed by atoms with E-state index in [0.717, 1.165) is 18.2 Å². The summed E-state index contributed by atoms with van der Waals surface area (Å²) in [6.45, 7) is 3.28. The van der Waals surface area contributed by atoms with Crippen molar-refractivity contribution in [3.8, 4) is 0 Å². The highest BCUT2D eigenvalue weighted by molar-refractivity contribution is 6.02. The second kappa shape index (κ2) is 4.74. The quantitative estimate of drug-likeness (QED) is 0.801. The fraction of sp³-hybridized carbons (Fsp3) is 0.273. The number of esters is 1. The van der Waals surface area contributed by atoms with E-state index in [1.54, 1.807) is 13.8 Å². The highest BCUT2D eigenvalue weighted by atomic mass is 19.1. The SMILES string of the molecule is CC(C)OC(=O)c1ccc(F)cc1C(=O)O. The van der Waals surface area contributed by atoms with Crippen LogP contribution in [0.2, 0.25) is 0 Å². The molecule has 1 N–H and O–H groups in total. The van der Waals surface area contributed by atoms with Gasteiger partial charge in [0.1, 0.15) is 5.82 Å². The monoisotopic (exact) mass is 226 g/mol. The van der Waals surface area contributed by atoms with Crippen molar-refractivity contribution >= 4 is 11.9 Å². The number of carbonyl (C=O) groups is 2. The molecular formula is C11H11FO4. The first kappa shape index (κ1) is 12.2. The summed E-state index contributed by atoms with van der Waals surface area (Å²) in [5.74, 6) is -2.85. The summed E-state index contributed by atoms with van der Waals surface area (Å²) in [5.41, 5.74) is -0.548. The lowest BCUT2D eigenvalue weighted by molar-refractivity contribution is 0.0371. The predicted molar refractivity (Wildman–Crippen MR) is 53.9 cm³/mol. The van der Waals surface area contributed by atoms with Crippen LogP contribution in [0.5, 0.6) is 0 Å². The van der Waals surface area contributed by atoms with E-state index in [1.165, 1.54) is 0 Å². The van der Waals surface area contributed by atoms with E-state index in [2.05, 4.69) is 0 Å². The van der Waals surface area contributed by atoms with Gasteiger partial charge in [-0.05, 0) is 32.0 Å². The minimum absolute atomic E-state index is 0.150. The van der Waals surface area contributed by atoms with E-state index >= 15 is 0 Å². The van der Waals surface area contributed by atoms with Crippen molar-refractivity contribution < 1.29 is 23.8 Å². The van der Waals surface area contributed by atoms with Crippen molar-refractivity contribution in [3.63, 3.8) is 0 Å². The van der Waals surface area contributed by atoms with Gasteiger partial charge in [-0.3, -0.25) is 0 Å². The molecule has 0 aliphatic rings. The van der Waals surface area contributed by atoms with Crippen LogP contribution in [0.15, 0.2) is 18.2 Å². The van der Waals surface area contributed by atoms with Crippen molar-refractivity contribution in [2.45, 2.75) is 20.0 Å². The lowest BCUT2D eigenvalue weighted by atomic mass is 10.1. The molecule has 0 unspecified atom stereocenters. The summed E-state index contributed by atoms with van der Waals surface area (Å²) >= 11 is 0. The van der Waals surface area contributed by atoms with Crippen molar-refractivity contribution in [2.75, 3.05) is 0 Å². The molecule has 0 spiro atoms. The number of rotatable bonds is 3. The highest BCUT2D eigenvalue weighted by Gasteiger charge is 2.19. The van der Waals surface area contributed by atoms with E-state index in [0.29, 0.717) is 0 Å². The van der Waals surface area contributed by atoms with Crippen LogP contribution in [0.3, 0.4) is 0 Å². The van der Waals surface area contributed by atoms with Crippen LogP contribution in [0.4, 0.5) is 4.39 Å². The van der Waals surface area contributed by atoms with E-state index in [4.69, 9.17) is 9.84 Å². The first-order valence-electron chi connectivity index (χ1n) is 4.65. The standard InChI is InChI=1S/C11H11FO4/c1-6(2)16-11(15)8-4-3-7(12)5-9(8)10(13)14/h3-6H,1-2H3,(H,13,14). The summed E-state index contributed by atoms with van der Waals surface area (Å²) in [4.78, 5) is 22.3. The molecular weight excluding hydrogens is 215 g/mol. The number of hydrogen-bond donors (Lipinski definition) is 1. The molecule has 0 amide bonds. The summed E-state index contributed by atoms with van der Waals surface area (Å²) in [6.07, 6.45) is -0.362. The van der Waals surface area contributed by atoms with Gasteiger partial charge in [-0.25, -0.2) is 14.0 Å². The van der Waals surface area contributed by atoms with Crippen LogP contribution in [0.1, 0.15) is 34.6 Å². The third-order valence-electron chi connectivity index (χ3n) is 1.77. The Balaban J connectivity index is 3.12. The Hall–Kier alpha value is -1.91. The Kier molecular flexibility index (Phi) is 3.60. The van der Waals surface area contributed by atoms with Crippen LogP contribution in [0.25, 0.3) is 0 Å². The Bertz CT molecular complexity index is 426. The zero-order valence-corrected chi connectivity index (χ0v) is 8.86. The molecule has 0 radical (unpaired) electrons. The van der Waals surface area contributed by atoms with Crippen LogP contribution < -0.4 is 0 Å². The molecule has 1 aromatic rings. The van der Waals surface area contributed by atoms with Gasteiger partial charge in [0.05, 0.1) is 17.2 Å². The molecule has 0 bridgehead atoms. The zero-order chi connectivity index (χ0) is 12.3. The second-order valence-corrected chi connectivity index (χ2v) is 3.45. The number of carbonyl (C=O) groups excluding carboxylic acids is 1. The molecule has 1 aromatic carbocycles. The Morgan fingerprint density at radius 3 is 2.44 bits per heavy atom. The molecule has 0 aliphatic carbocycles. The lowest BCUT2D eigenvalue weighted by Crippen LogP contribution is -2.15. The molecule has 0 aliphatic heterocycles. The highest BCUT2D eigenvalue weighted by Crippen LogP contribution is 2.13. The minimum Gasteiger partial charge on any atom is -0.478 e. The summed E-state index contributed by atoms with van der Waals surface area (Å²) < 4.78 is 17.7. The van der Waals surface area contributed by atoms with Gasteiger partial charge in [-0.1, -0.05) is 0 Å². The van der Waals surface area contributed by atoms with Gasteiger partial charge in [0.15, 0.2) is 0 Å². The van der Waals surface area contributed by atoms with Crippen LogP contribution in [0, 0.1) is 5.82 Å². The molecule has 0 saturated heterocycles. The van der Waals surface area contributed by atoms with E-state index in [1.807, 2.05) is 0 Å². The van der Waals surface area contributed by atoms with Crippen molar-refractivity contribution in [1.29, 1.82) is 0 Å². The maximum Gasteiger partial charge on any atom is 0.339 e. The minimum atomic E-state index is -1.37. The molecule has 5 heteroatoms. The second-order valence-electron chi connectivity index (χ2n) is 3.45. The van der Waals surface area contributed by atoms with Gasteiger partial charge in [-0.15, -0.1) is 0 Å². The van der Waals surface area contributed by atoms with Crippen LogP contribution in [-0.4, -0.2) is 23.1 Å². The Morgan fingerprint density at radius 1 is 1.31 bits per heavy atom. The summed E-state index contributed by atoms with van der Waals surface area (Å²) in [7, 11) is 0. The predicted octanol–water partition coefficient (Wildman–Crippen LogP) is 2.09. The number of carboxylic acid groups (broad SMARTS) is 1. The van der Waals surface area contributed by atoms with Crippen molar-refractivity contribution in [3.05, 3.63) is 35.1 Å². The Labute approximate surface area is 91.7 Å². The Morgan fingerprint density at radius 2 is 1.94 bits per heavy atom. The smallest absolute Gasteiger partial charge is 0.339 e. The fourth-order valence-electron chi connectivity index (χ4n) is 1.15. The van der Waals surface area contributed by atoms with Gasteiger partial charge in [-0.2, -0.15) is 0 Å².